The van der Waals surface area contributed by atoms with E-state index in [0.717, 1.165) is 0 Å². The molecule has 0 unspecified atom stereocenters. The third kappa shape index (κ3) is 2.34. The molecule has 0 amide bonds. The molecular formula is C12H12F5N. The Labute approximate surface area is 101 Å². The summed E-state index contributed by atoms with van der Waals surface area (Å²) in [4.78, 5) is 0. The molecule has 0 radical (unpaired) electrons. The van der Waals surface area contributed by atoms with Crippen molar-refractivity contribution < 1.29 is 22.0 Å². The van der Waals surface area contributed by atoms with Crippen LogP contribution in [0.3, 0.4) is 0 Å². The van der Waals surface area contributed by atoms with Crippen molar-refractivity contribution in [2.45, 2.75) is 19.3 Å². The second-order valence-electron chi connectivity index (χ2n) is 4.45. The number of hydrogen-bond acceptors (Lipinski definition) is 1. The van der Waals surface area contributed by atoms with E-state index in [0.29, 0.717) is 25.9 Å². The van der Waals surface area contributed by atoms with Gasteiger partial charge in [0.2, 0.25) is 5.82 Å². The molecular weight excluding hydrogens is 253 g/mol. The van der Waals surface area contributed by atoms with E-state index >= 15 is 0 Å². The molecule has 1 aliphatic heterocycles. The zero-order valence-electron chi connectivity index (χ0n) is 9.50. The summed E-state index contributed by atoms with van der Waals surface area (Å²) < 4.78 is 65.6. The number of nitrogens with one attached hydrogen (secondary N) is 1. The highest BCUT2D eigenvalue weighted by Crippen LogP contribution is 2.27. The van der Waals surface area contributed by atoms with E-state index in [-0.39, 0.29) is 12.3 Å². The number of piperidine rings is 1. The van der Waals surface area contributed by atoms with E-state index in [9.17, 15) is 22.0 Å². The van der Waals surface area contributed by atoms with Gasteiger partial charge in [-0.05, 0) is 38.3 Å². The first-order valence-corrected chi connectivity index (χ1v) is 5.73. The van der Waals surface area contributed by atoms with Gasteiger partial charge in [-0.15, -0.1) is 0 Å². The summed E-state index contributed by atoms with van der Waals surface area (Å²) in [7, 11) is 0. The second kappa shape index (κ2) is 5.22. The number of halogens is 5. The molecule has 1 aromatic carbocycles. The Morgan fingerprint density at radius 3 is 1.72 bits per heavy atom. The van der Waals surface area contributed by atoms with Crippen molar-refractivity contribution in [3.05, 3.63) is 34.6 Å². The average molecular weight is 265 g/mol. The van der Waals surface area contributed by atoms with Gasteiger partial charge in [0.1, 0.15) is 0 Å². The standard InChI is InChI=1S/C12H12F5N/c13-8-7(5-6-1-3-18-4-2-6)9(14)11(16)12(17)10(8)15/h6,18H,1-5H2. The number of hydrogen-bond donors (Lipinski definition) is 1. The lowest BCUT2D eigenvalue weighted by Gasteiger charge is -2.23. The van der Waals surface area contributed by atoms with Crippen molar-refractivity contribution in [3.8, 4) is 0 Å². The first-order valence-electron chi connectivity index (χ1n) is 5.73. The van der Waals surface area contributed by atoms with E-state index in [1.165, 1.54) is 0 Å². The summed E-state index contributed by atoms with van der Waals surface area (Å²) in [6, 6.07) is 0. The van der Waals surface area contributed by atoms with Crippen molar-refractivity contribution in [1.29, 1.82) is 0 Å². The van der Waals surface area contributed by atoms with Crippen LogP contribution in [0, 0.1) is 35.0 Å². The summed E-state index contributed by atoms with van der Waals surface area (Å²) in [6.07, 6.45) is 1.21. The Balaban J connectivity index is 2.32. The monoisotopic (exact) mass is 265 g/mol. The van der Waals surface area contributed by atoms with Gasteiger partial charge in [-0.1, -0.05) is 0 Å². The van der Waals surface area contributed by atoms with E-state index in [1.54, 1.807) is 0 Å². The van der Waals surface area contributed by atoms with Crippen LogP contribution >= 0.6 is 0 Å². The van der Waals surface area contributed by atoms with E-state index in [2.05, 4.69) is 5.32 Å². The fourth-order valence-electron chi connectivity index (χ4n) is 2.20. The van der Waals surface area contributed by atoms with Crippen molar-refractivity contribution >= 4 is 0 Å². The van der Waals surface area contributed by atoms with E-state index in [1.807, 2.05) is 0 Å². The molecule has 0 saturated carbocycles. The van der Waals surface area contributed by atoms with Crippen LogP contribution in [0.25, 0.3) is 0 Å². The Kier molecular flexibility index (Phi) is 3.85. The summed E-state index contributed by atoms with van der Waals surface area (Å²) in [5, 5.41) is 3.07. The zero-order valence-corrected chi connectivity index (χ0v) is 9.50. The average Bonchev–Trinajstić information content (AvgIpc) is 2.40. The highest BCUT2D eigenvalue weighted by molar-refractivity contribution is 5.24. The van der Waals surface area contributed by atoms with Crippen LogP contribution in [-0.4, -0.2) is 13.1 Å². The smallest absolute Gasteiger partial charge is 0.200 e. The molecule has 0 aromatic heterocycles. The van der Waals surface area contributed by atoms with Crippen molar-refractivity contribution in [1.82, 2.24) is 5.32 Å². The lowest BCUT2D eigenvalue weighted by atomic mass is 9.90. The molecule has 0 aliphatic carbocycles. The molecule has 1 aliphatic rings. The van der Waals surface area contributed by atoms with Crippen molar-refractivity contribution in [3.63, 3.8) is 0 Å². The predicted molar refractivity (Wildman–Crippen MR) is 55.5 cm³/mol. The maximum absolute atomic E-state index is 13.4. The number of rotatable bonds is 2. The van der Waals surface area contributed by atoms with Crippen LogP contribution in [0.15, 0.2) is 0 Å². The molecule has 0 bridgehead atoms. The largest absolute Gasteiger partial charge is 0.317 e. The normalized spacial score (nSPS) is 17.2. The highest BCUT2D eigenvalue weighted by Gasteiger charge is 2.27. The van der Waals surface area contributed by atoms with Crippen LogP contribution in [0.5, 0.6) is 0 Å². The Morgan fingerprint density at radius 1 is 0.778 bits per heavy atom. The minimum atomic E-state index is -2.10. The molecule has 1 nitrogen and oxygen atoms in total. The fourth-order valence-corrected chi connectivity index (χ4v) is 2.20. The quantitative estimate of drug-likeness (QED) is 0.492. The fraction of sp³-hybridized carbons (Fsp3) is 0.500. The third-order valence-corrected chi connectivity index (χ3v) is 3.25. The third-order valence-electron chi connectivity index (χ3n) is 3.25. The van der Waals surface area contributed by atoms with Gasteiger partial charge < -0.3 is 5.32 Å². The highest BCUT2D eigenvalue weighted by atomic mass is 19.2. The number of benzene rings is 1. The summed E-state index contributed by atoms with van der Waals surface area (Å²) in [5.41, 5.74) is -0.696. The molecule has 1 fully saturated rings. The van der Waals surface area contributed by atoms with Crippen LogP contribution < -0.4 is 5.32 Å². The second-order valence-corrected chi connectivity index (χ2v) is 4.45. The summed E-state index contributed by atoms with van der Waals surface area (Å²) >= 11 is 0. The van der Waals surface area contributed by atoms with Crippen LogP contribution in [0.4, 0.5) is 22.0 Å². The lowest BCUT2D eigenvalue weighted by Crippen LogP contribution is -2.29. The lowest BCUT2D eigenvalue weighted by molar-refractivity contribution is 0.338. The molecule has 0 atom stereocenters. The van der Waals surface area contributed by atoms with Gasteiger partial charge in [0, 0.05) is 5.56 Å². The van der Waals surface area contributed by atoms with E-state index < -0.39 is 34.6 Å². The molecule has 1 saturated heterocycles. The minimum absolute atomic E-state index is 0.0560. The van der Waals surface area contributed by atoms with Gasteiger partial charge in [-0.2, -0.15) is 0 Å². The van der Waals surface area contributed by atoms with Gasteiger partial charge in [0.25, 0.3) is 0 Å². The SMILES string of the molecule is Fc1c(F)c(F)c(CC2CCNCC2)c(F)c1F. The van der Waals surface area contributed by atoms with Crippen LogP contribution in [-0.2, 0) is 6.42 Å². The van der Waals surface area contributed by atoms with Gasteiger partial charge in [-0.25, -0.2) is 22.0 Å². The first-order chi connectivity index (χ1) is 8.52. The molecule has 6 heteroatoms. The molecule has 2 rings (SSSR count). The summed E-state index contributed by atoms with van der Waals surface area (Å²) in [6.45, 7) is 1.39. The first kappa shape index (κ1) is 13.3. The Hall–Kier alpha value is -1.17. The molecule has 1 aromatic rings. The van der Waals surface area contributed by atoms with Crippen molar-refractivity contribution in [2.24, 2.45) is 5.92 Å². The molecule has 1 N–H and O–H groups in total. The van der Waals surface area contributed by atoms with Crippen LogP contribution in [0.2, 0.25) is 0 Å². The van der Waals surface area contributed by atoms with Crippen molar-refractivity contribution in [2.75, 3.05) is 13.1 Å². The van der Waals surface area contributed by atoms with Crippen LogP contribution in [0.1, 0.15) is 18.4 Å². The Morgan fingerprint density at radius 2 is 1.22 bits per heavy atom. The van der Waals surface area contributed by atoms with Gasteiger partial charge in [0.15, 0.2) is 23.3 Å². The Bertz CT molecular complexity index is 425. The molecule has 18 heavy (non-hydrogen) atoms. The minimum Gasteiger partial charge on any atom is -0.317 e. The van der Waals surface area contributed by atoms with E-state index in [4.69, 9.17) is 0 Å². The molecule has 1 heterocycles. The maximum Gasteiger partial charge on any atom is 0.200 e. The summed E-state index contributed by atoms with van der Waals surface area (Å²) in [5.74, 6) is -9.29. The molecule has 0 spiro atoms. The predicted octanol–water partition coefficient (Wildman–Crippen LogP) is 2.92. The maximum atomic E-state index is 13.4. The zero-order chi connectivity index (χ0) is 13.3. The van der Waals surface area contributed by atoms with Gasteiger partial charge in [0.05, 0.1) is 0 Å². The topological polar surface area (TPSA) is 12.0 Å². The molecule has 100 valence electrons. The van der Waals surface area contributed by atoms with Gasteiger partial charge >= 0.3 is 0 Å². The van der Waals surface area contributed by atoms with Gasteiger partial charge in [-0.3, -0.25) is 0 Å².